The summed E-state index contributed by atoms with van der Waals surface area (Å²) in [6, 6.07) is 3.42. The van der Waals surface area contributed by atoms with Crippen molar-refractivity contribution in [1.29, 1.82) is 0 Å². The highest BCUT2D eigenvalue weighted by Crippen LogP contribution is 2.16. The Morgan fingerprint density at radius 2 is 2.40 bits per heavy atom. The molecule has 1 aromatic heterocycles. The molecule has 0 spiro atoms. The van der Waals surface area contributed by atoms with E-state index in [0.717, 1.165) is 17.2 Å². The topological polar surface area (TPSA) is 91.7 Å². The van der Waals surface area contributed by atoms with Gasteiger partial charge in [0, 0.05) is 24.1 Å². The van der Waals surface area contributed by atoms with E-state index in [1.165, 1.54) is 11.8 Å². The summed E-state index contributed by atoms with van der Waals surface area (Å²) in [4.78, 5) is 4.12. The second-order valence-corrected chi connectivity index (χ2v) is 3.91. The quantitative estimate of drug-likeness (QED) is 0.171. The van der Waals surface area contributed by atoms with Gasteiger partial charge in [-0.05, 0) is 18.6 Å². The number of aliphatic hydroxyl groups is 1. The number of nitrogens with zero attached hydrogens (tertiary/aromatic N) is 2. The van der Waals surface area contributed by atoms with Crippen LogP contribution in [0.4, 0.5) is 0 Å². The Bertz CT molecular complexity index is 344. The van der Waals surface area contributed by atoms with Crippen LogP contribution in [0, 0.1) is 0 Å². The van der Waals surface area contributed by atoms with E-state index in [1.807, 2.05) is 0 Å². The summed E-state index contributed by atoms with van der Waals surface area (Å²) in [6.07, 6.45) is 2.33. The predicted molar refractivity (Wildman–Crippen MR) is 59.2 cm³/mol. The number of hydrogen-bond donors (Lipinski definition) is 3. The van der Waals surface area contributed by atoms with E-state index in [-0.39, 0.29) is 12.4 Å². The largest absolute Gasteiger partial charge is 0.409 e. The van der Waals surface area contributed by atoms with Gasteiger partial charge in [0.2, 0.25) is 0 Å². The van der Waals surface area contributed by atoms with Crippen molar-refractivity contribution in [2.45, 2.75) is 11.4 Å². The average molecular weight is 227 g/mol. The number of aliphatic hydroxyl groups excluding tert-OH is 1. The molecule has 15 heavy (non-hydrogen) atoms. The first-order valence-electron chi connectivity index (χ1n) is 4.45. The van der Waals surface area contributed by atoms with Crippen molar-refractivity contribution in [2.24, 2.45) is 10.9 Å². The summed E-state index contributed by atoms with van der Waals surface area (Å²) in [7, 11) is 0. The minimum atomic E-state index is 0.0707. The van der Waals surface area contributed by atoms with Gasteiger partial charge >= 0.3 is 0 Å². The number of thioether (sulfide) groups is 1. The fourth-order valence-corrected chi connectivity index (χ4v) is 1.77. The SMILES string of the molecule is NC(=NO)c1ccnc(SCCCO)c1. The first-order valence-corrected chi connectivity index (χ1v) is 5.44. The maximum absolute atomic E-state index is 8.62. The molecule has 5 nitrogen and oxygen atoms in total. The van der Waals surface area contributed by atoms with Crippen molar-refractivity contribution >= 4 is 17.6 Å². The van der Waals surface area contributed by atoms with Gasteiger partial charge in [0.25, 0.3) is 0 Å². The third-order valence-electron chi connectivity index (χ3n) is 1.69. The van der Waals surface area contributed by atoms with Gasteiger partial charge in [-0.2, -0.15) is 0 Å². The normalized spacial score (nSPS) is 11.7. The molecule has 0 fully saturated rings. The van der Waals surface area contributed by atoms with Crippen LogP contribution in [-0.4, -0.2) is 33.5 Å². The third kappa shape index (κ3) is 3.77. The molecule has 6 heteroatoms. The number of pyridine rings is 1. The van der Waals surface area contributed by atoms with Gasteiger partial charge in [-0.15, -0.1) is 11.8 Å². The van der Waals surface area contributed by atoms with E-state index in [0.29, 0.717) is 5.56 Å². The van der Waals surface area contributed by atoms with E-state index in [9.17, 15) is 0 Å². The Morgan fingerprint density at radius 3 is 3.07 bits per heavy atom. The van der Waals surface area contributed by atoms with Crippen molar-refractivity contribution in [3.05, 3.63) is 23.9 Å². The molecule has 0 amide bonds. The van der Waals surface area contributed by atoms with Crippen LogP contribution < -0.4 is 5.73 Å². The first-order chi connectivity index (χ1) is 7.27. The van der Waals surface area contributed by atoms with E-state index in [4.69, 9.17) is 16.0 Å². The molecule has 0 aromatic carbocycles. The maximum atomic E-state index is 8.62. The Balaban J connectivity index is 2.66. The van der Waals surface area contributed by atoms with Gasteiger partial charge in [0.05, 0.1) is 5.03 Å². The fourth-order valence-electron chi connectivity index (χ4n) is 0.947. The summed E-state index contributed by atoms with van der Waals surface area (Å²) in [5.41, 5.74) is 6.08. The minimum absolute atomic E-state index is 0.0707. The average Bonchev–Trinajstić information content (AvgIpc) is 2.29. The fraction of sp³-hybridized carbons (Fsp3) is 0.333. The molecule has 1 heterocycles. The summed E-state index contributed by atoms with van der Waals surface area (Å²) in [5.74, 6) is 0.866. The molecule has 0 unspecified atom stereocenters. The second kappa shape index (κ2) is 6.26. The Labute approximate surface area is 92.0 Å². The third-order valence-corrected chi connectivity index (χ3v) is 2.70. The highest BCUT2D eigenvalue weighted by molar-refractivity contribution is 7.99. The van der Waals surface area contributed by atoms with Gasteiger partial charge in [0.15, 0.2) is 5.84 Å². The number of nitrogens with two attached hydrogens (primary N) is 1. The number of hydrogen-bond acceptors (Lipinski definition) is 5. The lowest BCUT2D eigenvalue weighted by atomic mass is 10.2. The number of rotatable bonds is 5. The lowest BCUT2D eigenvalue weighted by Gasteiger charge is -2.02. The van der Waals surface area contributed by atoms with Crippen LogP contribution in [0.3, 0.4) is 0 Å². The monoisotopic (exact) mass is 227 g/mol. The smallest absolute Gasteiger partial charge is 0.170 e. The van der Waals surface area contributed by atoms with Crippen LogP contribution >= 0.6 is 11.8 Å². The van der Waals surface area contributed by atoms with E-state index >= 15 is 0 Å². The minimum Gasteiger partial charge on any atom is -0.409 e. The number of amidine groups is 1. The molecule has 1 rings (SSSR count). The van der Waals surface area contributed by atoms with Crippen molar-refractivity contribution in [3.8, 4) is 0 Å². The Morgan fingerprint density at radius 1 is 1.60 bits per heavy atom. The zero-order chi connectivity index (χ0) is 11.1. The predicted octanol–water partition coefficient (Wildman–Crippen LogP) is 0.651. The number of aromatic nitrogens is 1. The lowest BCUT2D eigenvalue weighted by Crippen LogP contribution is -2.13. The van der Waals surface area contributed by atoms with Crippen LogP contribution in [0.1, 0.15) is 12.0 Å². The molecule has 82 valence electrons. The van der Waals surface area contributed by atoms with Gasteiger partial charge < -0.3 is 16.0 Å². The number of oxime groups is 1. The van der Waals surface area contributed by atoms with Crippen molar-refractivity contribution in [3.63, 3.8) is 0 Å². The van der Waals surface area contributed by atoms with Crippen molar-refractivity contribution in [1.82, 2.24) is 4.98 Å². The molecule has 0 aliphatic carbocycles. The molecule has 0 bridgehead atoms. The molecule has 0 radical (unpaired) electrons. The molecular weight excluding hydrogens is 214 g/mol. The van der Waals surface area contributed by atoms with E-state index in [1.54, 1.807) is 18.3 Å². The Hall–Kier alpha value is -1.27. The molecular formula is C9H13N3O2S. The molecule has 0 aliphatic rings. The van der Waals surface area contributed by atoms with Crippen molar-refractivity contribution in [2.75, 3.05) is 12.4 Å². The van der Waals surface area contributed by atoms with Gasteiger partial charge in [0.1, 0.15) is 0 Å². The van der Waals surface area contributed by atoms with Crippen LogP contribution in [0.15, 0.2) is 28.5 Å². The van der Waals surface area contributed by atoms with Gasteiger partial charge in [-0.25, -0.2) is 4.98 Å². The highest BCUT2D eigenvalue weighted by Gasteiger charge is 2.01. The summed E-state index contributed by atoms with van der Waals surface area (Å²) in [5, 5.41) is 20.8. The zero-order valence-electron chi connectivity index (χ0n) is 8.13. The lowest BCUT2D eigenvalue weighted by molar-refractivity contribution is 0.296. The molecule has 1 aromatic rings. The summed E-state index contributed by atoms with van der Waals surface area (Å²) < 4.78 is 0. The van der Waals surface area contributed by atoms with E-state index < -0.39 is 0 Å². The summed E-state index contributed by atoms with van der Waals surface area (Å²) in [6.45, 7) is 0.174. The van der Waals surface area contributed by atoms with Crippen LogP contribution in [0.25, 0.3) is 0 Å². The molecule has 0 saturated carbocycles. The molecule has 0 aliphatic heterocycles. The van der Waals surface area contributed by atoms with Crippen LogP contribution in [0.2, 0.25) is 0 Å². The standard InChI is InChI=1S/C9H13N3O2S/c10-9(12-14)7-2-3-11-8(6-7)15-5-1-4-13/h2-3,6,13-14H,1,4-5H2,(H2,10,12). The molecule has 0 atom stereocenters. The van der Waals surface area contributed by atoms with Crippen LogP contribution in [-0.2, 0) is 0 Å². The summed E-state index contributed by atoms with van der Waals surface area (Å²) >= 11 is 1.52. The second-order valence-electron chi connectivity index (χ2n) is 2.79. The van der Waals surface area contributed by atoms with Crippen LogP contribution in [0.5, 0.6) is 0 Å². The molecule has 0 saturated heterocycles. The van der Waals surface area contributed by atoms with Gasteiger partial charge in [-0.3, -0.25) is 0 Å². The highest BCUT2D eigenvalue weighted by atomic mass is 32.2. The first kappa shape index (κ1) is 11.8. The Kier molecular flexibility index (Phi) is 4.92. The zero-order valence-corrected chi connectivity index (χ0v) is 8.94. The molecule has 4 N–H and O–H groups in total. The maximum Gasteiger partial charge on any atom is 0.170 e. The van der Waals surface area contributed by atoms with E-state index in [2.05, 4.69) is 10.1 Å². The van der Waals surface area contributed by atoms with Crippen molar-refractivity contribution < 1.29 is 10.3 Å². The van der Waals surface area contributed by atoms with Gasteiger partial charge in [-0.1, -0.05) is 5.16 Å².